The molecule has 1 spiro atoms. The minimum atomic E-state index is -0.896. The smallest absolute Gasteiger partial charge is 0.358 e. The van der Waals surface area contributed by atoms with E-state index in [1.54, 1.807) is 0 Å². The average molecular weight is 446 g/mol. The molecule has 2 heterocycles. The summed E-state index contributed by atoms with van der Waals surface area (Å²) in [6.07, 6.45) is 2.80. The Labute approximate surface area is 180 Å². The number of rotatable bonds is 5. The van der Waals surface area contributed by atoms with Crippen LogP contribution in [-0.2, 0) is 14.3 Å². The average Bonchev–Trinajstić information content (AvgIpc) is 3.44. The second-order valence-electron chi connectivity index (χ2n) is 7.35. The topological polar surface area (TPSA) is 118 Å². The number of hydrogen-bond donors (Lipinski definition) is 2. The molecule has 31 heavy (non-hydrogen) atoms. The van der Waals surface area contributed by atoms with Gasteiger partial charge in [-0.2, -0.15) is 0 Å². The molecule has 0 unspecified atom stereocenters. The standard InChI is InChI=1S/C20H19FN4O5S/c1-30-16(27)14-15(11-4-6-12(21)7-5-11)31-18(23-14)22-13(26)10-25-17(28)20(24-19(25)29)8-2-3-9-20/h4-7H,2-3,8-10H2,1H3,(H,24,29)(H,22,23,26). The van der Waals surface area contributed by atoms with E-state index in [9.17, 15) is 23.6 Å². The van der Waals surface area contributed by atoms with E-state index in [-0.39, 0.29) is 10.8 Å². The number of carbonyl (C=O) groups is 4. The maximum Gasteiger partial charge on any atom is 0.358 e. The third-order valence-corrected chi connectivity index (χ3v) is 6.38. The number of halogens is 1. The van der Waals surface area contributed by atoms with E-state index >= 15 is 0 Å². The summed E-state index contributed by atoms with van der Waals surface area (Å²) < 4.78 is 18.0. The lowest BCUT2D eigenvalue weighted by molar-refractivity contribution is -0.133. The highest BCUT2D eigenvalue weighted by Crippen LogP contribution is 2.36. The number of anilines is 1. The number of hydrogen-bond acceptors (Lipinski definition) is 7. The summed E-state index contributed by atoms with van der Waals surface area (Å²) in [5.74, 6) is -2.18. The second kappa shape index (κ2) is 8.06. The zero-order valence-electron chi connectivity index (χ0n) is 16.6. The number of aromatic nitrogens is 1. The van der Waals surface area contributed by atoms with Gasteiger partial charge in [-0.3, -0.25) is 14.5 Å². The quantitative estimate of drug-likeness (QED) is 0.538. The number of ether oxygens (including phenoxy) is 1. The van der Waals surface area contributed by atoms with Gasteiger partial charge in [0.2, 0.25) is 5.91 Å². The first-order chi connectivity index (χ1) is 14.8. The van der Waals surface area contributed by atoms with Gasteiger partial charge in [0.1, 0.15) is 17.9 Å². The maximum atomic E-state index is 13.2. The molecule has 0 radical (unpaired) electrons. The number of imide groups is 1. The van der Waals surface area contributed by atoms with Crippen molar-refractivity contribution >= 4 is 40.3 Å². The second-order valence-corrected chi connectivity index (χ2v) is 8.35. The Bertz CT molecular complexity index is 1060. The number of esters is 1. The number of nitrogens with zero attached hydrogens (tertiary/aromatic N) is 2. The maximum absolute atomic E-state index is 13.2. The van der Waals surface area contributed by atoms with Gasteiger partial charge in [-0.05, 0) is 30.5 Å². The van der Waals surface area contributed by atoms with Gasteiger partial charge < -0.3 is 15.4 Å². The number of methoxy groups -OCH3 is 1. The van der Waals surface area contributed by atoms with Crippen LogP contribution in [0.1, 0.15) is 36.2 Å². The molecule has 2 fully saturated rings. The van der Waals surface area contributed by atoms with Crippen molar-refractivity contribution in [3.63, 3.8) is 0 Å². The molecule has 2 aliphatic rings. The Balaban J connectivity index is 1.52. The summed E-state index contributed by atoms with van der Waals surface area (Å²) in [6, 6.07) is 4.85. The molecular weight excluding hydrogens is 427 g/mol. The van der Waals surface area contributed by atoms with Gasteiger partial charge in [-0.1, -0.05) is 36.3 Å². The summed E-state index contributed by atoms with van der Waals surface area (Å²) in [4.78, 5) is 55.0. The highest BCUT2D eigenvalue weighted by Gasteiger charge is 2.52. The van der Waals surface area contributed by atoms with E-state index in [4.69, 9.17) is 4.74 Å². The molecule has 1 aliphatic carbocycles. The van der Waals surface area contributed by atoms with E-state index < -0.39 is 41.7 Å². The van der Waals surface area contributed by atoms with Crippen LogP contribution in [0.2, 0.25) is 0 Å². The molecule has 11 heteroatoms. The molecule has 4 rings (SSSR count). The predicted molar refractivity (Wildman–Crippen MR) is 109 cm³/mol. The number of urea groups is 1. The lowest BCUT2D eigenvalue weighted by atomic mass is 9.98. The lowest BCUT2D eigenvalue weighted by Crippen LogP contribution is -2.44. The number of amides is 4. The van der Waals surface area contributed by atoms with Crippen molar-refractivity contribution < 1.29 is 28.3 Å². The minimum Gasteiger partial charge on any atom is -0.464 e. The van der Waals surface area contributed by atoms with E-state index in [2.05, 4.69) is 15.6 Å². The highest BCUT2D eigenvalue weighted by molar-refractivity contribution is 7.19. The van der Waals surface area contributed by atoms with Crippen LogP contribution in [0.15, 0.2) is 24.3 Å². The van der Waals surface area contributed by atoms with Gasteiger partial charge in [-0.15, -0.1) is 0 Å². The summed E-state index contributed by atoms with van der Waals surface area (Å²) in [5.41, 5.74) is -0.404. The lowest BCUT2D eigenvalue weighted by Gasteiger charge is -2.19. The first-order valence-corrected chi connectivity index (χ1v) is 10.4. The molecule has 1 aromatic carbocycles. The van der Waals surface area contributed by atoms with E-state index in [0.29, 0.717) is 23.3 Å². The summed E-state index contributed by atoms with van der Waals surface area (Å²) in [5, 5.41) is 5.33. The molecule has 1 saturated carbocycles. The monoisotopic (exact) mass is 446 g/mol. The Morgan fingerprint density at radius 2 is 1.94 bits per heavy atom. The van der Waals surface area contributed by atoms with Crippen LogP contribution in [0.5, 0.6) is 0 Å². The molecule has 162 valence electrons. The van der Waals surface area contributed by atoms with Gasteiger partial charge in [0, 0.05) is 0 Å². The molecular formula is C20H19FN4O5S. The van der Waals surface area contributed by atoms with Crippen LogP contribution < -0.4 is 10.6 Å². The molecule has 1 aromatic heterocycles. The fourth-order valence-corrected chi connectivity index (χ4v) is 4.82. The highest BCUT2D eigenvalue weighted by atomic mass is 32.1. The van der Waals surface area contributed by atoms with Crippen molar-refractivity contribution in [3.05, 3.63) is 35.8 Å². The minimum absolute atomic E-state index is 0.0330. The normalized spacial score (nSPS) is 17.2. The van der Waals surface area contributed by atoms with Crippen molar-refractivity contribution in [1.82, 2.24) is 15.2 Å². The Kier molecular flexibility index (Phi) is 5.44. The Morgan fingerprint density at radius 3 is 2.58 bits per heavy atom. The van der Waals surface area contributed by atoms with Crippen LogP contribution >= 0.6 is 11.3 Å². The largest absolute Gasteiger partial charge is 0.464 e. The van der Waals surface area contributed by atoms with Gasteiger partial charge in [-0.25, -0.2) is 19.0 Å². The van der Waals surface area contributed by atoms with Crippen molar-refractivity contribution in [1.29, 1.82) is 0 Å². The van der Waals surface area contributed by atoms with Crippen LogP contribution in [0, 0.1) is 5.82 Å². The van der Waals surface area contributed by atoms with Gasteiger partial charge >= 0.3 is 12.0 Å². The first kappa shape index (κ1) is 20.9. The molecule has 9 nitrogen and oxygen atoms in total. The first-order valence-electron chi connectivity index (χ1n) is 9.62. The number of thiazole rings is 1. The van der Waals surface area contributed by atoms with Crippen molar-refractivity contribution in [2.24, 2.45) is 0 Å². The SMILES string of the molecule is COC(=O)c1nc(NC(=O)CN2C(=O)NC3(CCCC3)C2=O)sc1-c1ccc(F)cc1. The summed E-state index contributed by atoms with van der Waals surface area (Å²) in [7, 11) is 1.20. The Morgan fingerprint density at radius 1 is 1.26 bits per heavy atom. The third-order valence-electron chi connectivity index (χ3n) is 5.36. The summed E-state index contributed by atoms with van der Waals surface area (Å²) >= 11 is 0.998. The van der Waals surface area contributed by atoms with Crippen molar-refractivity contribution in [2.75, 3.05) is 19.0 Å². The summed E-state index contributed by atoms with van der Waals surface area (Å²) in [6.45, 7) is -0.467. The van der Waals surface area contributed by atoms with Gasteiger partial charge in [0.25, 0.3) is 5.91 Å². The number of nitrogens with one attached hydrogen (secondary N) is 2. The van der Waals surface area contributed by atoms with Crippen LogP contribution in [-0.4, -0.2) is 52.9 Å². The van der Waals surface area contributed by atoms with Gasteiger partial charge in [0.05, 0.1) is 12.0 Å². The third kappa shape index (κ3) is 3.88. The van der Waals surface area contributed by atoms with E-state index in [0.717, 1.165) is 29.1 Å². The van der Waals surface area contributed by atoms with E-state index in [1.165, 1.54) is 31.4 Å². The van der Waals surface area contributed by atoms with E-state index in [1.807, 2.05) is 0 Å². The van der Waals surface area contributed by atoms with Crippen LogP contribution in [0.3, 0.4) is 0 Å². The molecule has 2 aromatic rings. The molecule has 0 atom stereocenters. The molecule has 2 N–H and O–H groups in total. The van der Waals surface area contributed by atoms with Crippen molar-refractivity contribution in [3.8, 4) is 10.4 Å². The Hall–Kier alpha value is -3.34. The fraction of sp³-hybridized carbons (Fsp3) is 0.350. The zero-order chi connectivity index (χ0) is 22.2. The fourth-order valence-electron chi connectivity index (χ4n) is 3.85. The zero-order valence-corrected chi connectivity index (χ0v) is 17.4. The predicted octanol–water partition coefficient (Wildman–Crippen LogP) is 2.54. The molecule has 4 amide bonds. The van der Waals surface area contributed by atoms with Crippen LogP contribution in [0.25, 0.3) is 10.4 Å². The number of carbonyl (C=O) groups excluding carboxylic acids is 4. The van der Waals surface area contributed by atoms with Crippen molar-refractivity contribution in [2.45, 2.75) is 31.2 Å². The van der Waals surface area contributed by atoms with Gasteiger partial charge in [0.15, 0.2) is 10.8 Å². The van der Waals surface area contributed by atoms with Crippen LogP contribution in [0.4, 0.5) is 14.3 Å². The molecule has 1 aliphatic heterocycles. The number of benzene rings is 1. The molecule has 0 bridgehead atoms. The molecule has 1 saturated heterocycles.